The number of hydrogen-bond donors (Lipinski definition) is 3. The van der Waals surface area contributed by atoms with Crippen molar-refractivity contribution in [2.75, 3.05) is 20.3 Å². The fourth-order valence-electron chi connectivity index (χ4n) is 1.53. The highest BCUT2D eigenvalue weighted by molar-refractivity contribution is 7.89. The highest BCUT2D eigenvalue weighted by Gasteiger charge is 2.17. The Bertz CT molecular complexity index is 556. The standard InChI is InChI=1S/C11H19N3O6S/c1-20-8-9(15)2-4-13-21(18,19)10-6-12-14(7-10)5-3-11(16)17/h6-7,9,13,15H,2-5,8H2,1H3,(H,16,17). The molecule has 1 aromatic rings. The van der Waals surface area contributed by atoms with Crippen LogP contribution in [0.5, 0.6) is 0 Å². The molecule has 0 spiro atoms. The zero-order valence-electron chi connectivity index (χ0n) is 11.6. The number of methoxy groups -OCH3 is 1. The smallest absolute Gasteiger partial charge is 0.305 e. The molecule has 0 aliphatic rings. The fourth-order valence-corrected chi connectivity index (χ4v) is 2.53. The molecule has 21 heavy (non-hydrogen) atoms. The number of sulfonamides is 1. The van der Waals surface area contributed by atoms with Gasteiger partial charge in [-0.3, -0.25) is 9.48 Å². The molecule has 1 unspecified atom stereocenters. The summed E-state index contributed by atoms with van der Waals surface area (Å²) in [6.45, 7) is 0.291. The maximum absolute atomic E-state index is 11.9. The Morgan fingerprint density at radius 1 is 1.57 bits per heavy atom. The van der Waals surface area contributed by atoms with Crippen molar-refractivity contribution in [2.45, 2.75) is 30.4 Å². The fraction of sp³-hybridized carbons (Fsp3) is 0.636. The van der Waals surface area contributed by atoms with Gasteiger partial charge >= 0.3 is 5.97 Å². The molecule has 0 saturated heterocycles. The number of aliphatic carboxylic acids is 1. The lowest BCUT2D eigenvalue weighted by Gasteiger charge is -2.09. The topological polar surface area (TPSA) is 131 Å². The van der Waals surface area contributed by atoms with E-state index >= 15 is 0 Å². The number of nitrogens with one attached hydrogen (secondary N) is 1. The first-order valence-corrected chi connectivity index (χ1v) is 7.74. The van der Waals surface area contributed by atoms with Gasteiger partial charge in [-0.25, -0.2) is 13.1 Å². The SMILES string of the molecule is COCC(O)CCNS(=O)(=O)c1cnn(CCC(=O)O)c1. The molecule has 0 aliphatic carbocycles. The molecule has 10 heteroatoms. The summed E-state index contributed by atoms with van der Waals surface area (Å²) in [5.74, 6) is -0.986. The van der Waals surface area contributed by atoms with Gasteiger partial charge in [0.25, 0.3) is 0 Å². The Morgan fingerprint density at radius 2 is 2.29 bits per heavy atom. The van der Waals surface area contributed by atoms with Crippen molar-refractivity contribution in [3.63, 3.8) is 0 Å². The van der Waals surface area contributed by atoms with Gasteiger partial charge in [-0.1, -0.05) is 0 Å². The minimum Gasteiger partial charge on any atom is -0.481 e. The number of rotatable bonds is 10. The zero-order chi connectivity index (χ0) is 15.9. The Labute approximate surface area is 122 Å². The summed E-state index contributed by atoms with van der Waals surface area (Å²) in [6.07, 6.45) is 1.75. The summed E-state index contributed by atoms with van der Waals surface area (Å²) in [7, 11) is -2.28. The van der Waals surface area contributed by atoms with E-state index in [9.17, 15) is 18.3 Å². The van der Waals surface area contributed by atoms with Crippen molar-refractivity contribution in [1.82, 2.24) is 14.5 Å². The van der Waals surface area contributed by atoms with Crippen LogP contribution in [0.4, 0.5) is 0 Å². The summed E-state index contributed by atoms with van der Waals surface area (Å²) in [4.78, 5) is 10.4. The Morgan fingerprint density at radius 3 is 2.90 bits per heavy atom. The van der Waals surface area contributed by atoms with Crippen molar-refractivity contribution >= 4 is 16.0 Å². The van der Waals surface area contributed by atoms with Gasteiger partial charge in [0.2, 0.25) is 10.0 Å². The van der Waals surface area contributed by atoms with Crippen LogP contribution in [0, 0.1) is 0 Å². The van der Waals surface area contributed by atoms with E-state index in [1.54, 1.807) is 0 Å². The number of carboxylic acids is 1. The number of aliphatic hydroxyl groups excluding tert-OH is 1. The second-order valence-electron chi connectivity index (χ2n) is 4.38. The van der Waals surface area contributed by atoms with Crippen molar-refractivity contribution in [3.8, 4) is 0 Å². The molecule has 0 bridgehead atoms. The maximum Gasteiger partial charge on any atom is 0.305 e. The van der Waals surface area contributed by atoms with Crippen LogP contribution < -0.4 is 4.72 Å². The van der Waals surface area contributed by atoms with Crippen LogP contribution in [0.3, 0.4) is 0 Å². The molecule has 0 fully saturated rings. The minimum absolute atomic E-state index is 0.0471. The highest BCUT2D eigenvalue weighted by Crippen LogP contribution is 2.07. The Kier molecular flexibility index (Phi) is 6.75. The van der Waals surface area contributed by atoms with Crippen molar-refractivity contribution in [2.24, 2.45) is 0 Å². The van der Waals surface area contributed by atoms with Gasteiger partial charge in [-0.2, -0.15) is 5.10 Å². The third kappa shape index (κ3) is 6.21. The molecule has 1 heterocycles. The number of aromatic nitrogens is 2. The molecule has 9 nitrogen and oxygen atoms in total. The summed E-state index contributed by atoms with van der Waals surface area (Å²) < 4.78 is 32.2. The van der Waals surface area contributed by atoms with Gasteiger partial charge < -0.3 is 14.9 Å². The van der Waals surface area contributed by atoms with Crippen molar-refractivity contribution < 1.29 is 28.2 Å². The van der Waals surface area contributed by atoms with Crippen LogP contribution >= 0.6 is 0 Å². The minimum atomic E-state index is -3.72. The number of ether oxygens (including phenoxy) is 1. The number of aryl methyl sites for hydroxylation is 1. The molecule has 120 valence electrons. The van der Waals surface area contributed by atoms with Crippen LogP contribution in [0.25, 0.3) is 0 Å². The molecule has 0 aliphatic heterocycles. The van der Waals surface area contributed by atoms with Crippen LogP contribution in [0.2, 0.25) is 0 Å². The van der Waals surface area contributed by atoms with Crippen LogP contribution in [-0.4, -0.2) is 60.7 Å². The van der Waals surface area contributed by atoms with E-state index in [1.165, 1.54) is 18.0 Å². The van der Waals surface area contributed by atoms with Gasteiger partial charge in [0.15, 0.2) is 0 Å². The first-order chi connectivity index (χ1) is 9.85. The normalized spacial score (nSPS) is 13.2. The first-order valence-electron chi connectivity index (χ1n) is 6.26. The average molecular weight is 321 g/mol. The summed E-state index contributed by atoms with van der Waals surface area (Å²) in [5.41, 5.74) is 0. The van der Waals surface area contributed by atoms with E-state index in [4.69, 9.17) is 9.84 Å². The molecule has 3 N–H and O–H groups in total. The molecule has 1 rings (SSSR count). The Balaban J connectivity index is 2.52. The van der Waals surface area contributed by atoms with E-state index in [1.807, 2.05) is 0 Å². The molecule has 1 aromatic heterocycles. The van der Waals surface area contributed by atoms with Crippen LogP contribution in [0.15, 0.2) is 17.3 Å². The number of hydrogen-bond acceptors (Lipinski definition) is 6. The monoisotopic (exact) mass is 321 g/mol. The third-order valence-corrected chi connectivity index (χ3v) is 4.02. The Hall–Kier alpha value is -1.49. The highest BCUT2D eigenvalue weighted by atomic mass is 32.2. The van der Waals surface area contributed by atoms with Gasteiger partial charge in [-0.15, -0.1) is 0 Å². The van der Waals surface area contributed by atoms with E-state index in [0.29, 0.717) is 0 Å². The lowest BCUT2D eigenvalue weighted by atomic mass is 10.3. The molecular formula is C11H19N3O6S. The molecule has 0 radical (unpaired) electrons. The molecular weight excluding hydrogens is 302 g/mol. The largest absolute Gasteiger partial charge is 0.481 e. The lowest BCUT2D eigenvalue weighted by molar-refractivity contribution is -0.137. The van der Waals surface area contributed by atoms with Crippen LogP contribution in [0.1, 0.15) is 12.8 Å². The second-order valence-corrected chi connectivity index (χ2v) is 6.15. The number of nitrogens with zero attached hydrogens (tertiary/aromatic N) is 2. The lowest BCUT2D eigenvalue weighted by Crippen LogP contribution is -2.28. The van der Waals surface area contributed by atoms with Crippen molar-refractivity contribution in [1.29, 1.82) is 0 Å². The van der Waals surface area contributed by atoms with E-state index in [0.717, 1.165) is 6.20 Å². The predicted molar refractivity (Wildman–Crippen MR) is 72.2 cm³/mol. The second kappa shape index (κ2) is 8.08. The molecule has 0 saturated carbocycles. The number of aliphatic hydroxyl groups is 1. The predicted octanol–water partition coefficient (Wildman–Crippen LogP) is -0.966. The third-order valence-electron chi connectivity index (χ3n) is 2.60. The van der Waals surface area contributed by atoms with E-state index in [-0.39, 0.29) is 37.4 Å². The van der Waals surface area contributed by atoms with Gasteiger partial charge in [0.05, 0.1) is 31.9 Å². The van der Waals surface area contributed by atoms with E-state index in [2.05, 4.69) is 9.82 Å². The molecule has 0 amide bonds. The van der Waals surface area contributed by atoms with Gasteiger partial charge in [0, 0.05) is 19.9 Å². The van der Waals surface area contributed by atoms with E-state index < -0.39 is 22.1 Å². The van der Waals surface area contributed by atoms with Crippen molar-refractivity contribution in [3.05, 3.63) is 12.4 Å². The van der Waals surface area contributed by atoms with Gasteiger partial charge in [0.1, 0.15) is 4.90 Å². The summed E-state index contributed by atoms with van der Waals surface area (Å²) >= 11 is 0. The van der Waals surface area contributed by atoms with Crippen LogP contribution in [-0.2, 0) is 26.1 Å². The quantitative estimate of drug-likeness (QED) is 0.505. The number of carboxylic acid groups (broad SMARTS) is 1. The maximum atomic E-state index is 11.9. The summed E-state index contributed by atoms with van der Waals surface area (Å²) in [5, 5.41) is 21.8. The molecule has 1 atom stereocenters. The van der Waals surface area contributed by atoms with Gasteiger partial charge in [-0.05, 0) is 6.42 Å². The first kappa shape index (κ1) is 17.6. The average Bonchev–Trinajstić information content (AvgIpc) is 2.86. The number of carbonyl (C=O) groups is 1. The summed E-state index contributed by atoms with van der Waals surface area (Å²) in [6, 6.07) is 0. The zero-order valence-corrected chi connectivity index (χ0v) is 12.4. The molecule has 0 aromatic carbocycles.